The average molecular weight is 923 g/mol. The van der Waals surface area contributed by atoms with Gasteiger partial charge < -0.3 is 56.7 Å². The molecule has 0 bridgehead atoms. The number of hydrogen-bond acceptors (Lipinski definition) is 14. The topological polar surface area (TPSA) is 296 Å². The molecule has 21 nitrogen and oxygen atoms in total. The van der Waals surface area contributed by atoms with Gasteiger partial charge in [-0.05, 0) is 78.5 Å². The quantitative estimate of drug-likeness (QED) is 0.194. The largest absolute Gasteiger partial charge is 0.473 e. The summed E-state index contributed by atoms with van der Waals surface area (Å²) in [5.74, 6) is -5.88. The number of pyridine rings is 1. The molecule has 2 saturated carbocycles. The Bertz CT molecular complexity index is 1960. The van der Waals surface area contributed by atoms with Gasteiger partial charge in [0.15, 0.2) is 5.01 Å². The molecule has 2 aromatic heterocycles. The van der Waals surface area contributed by atoms with Crippen LogP contribution in [0.2, 0.25) is 5.02 Å². The summed E-state index contributed by atoms with van der Waals surface area (Å²) in [7, 11) is 8.89. The minimum absolute atomic E-state index is 0.0386. The van der Waals surface area contributed by atoms with Crippen molar-refractivity contribution < 1.29 is 53.3 Å². The second-order valence-electron chi connectivity index (χ2n) is 16.9. The summed E-state index contributed by atoms with van der Waals surface area (Å²) in [6.07, 6.45) is 5.01. The summed E-state index contributed by atoms with van der Waals surface area (Å²) in [6, 6.07) is 1.60. The maximum atomic E-state index is 13.2. The van der Waals surface area contributed by atoms with E-state index in [0.29, 0.717) is 35.7 Å². The second-order valence-corrected chi connectivity index (χ2v) is 18.4. The maximum Gasteiger partial charge on any atom is 0.414 e. The van der Waals surface area contributed by atoms with Crippen LogP contribution in [-0.4, -0.2) is 154 Å². The van der Waals surface area contributed by atoms with Gasteiger partial charge in [-0.15, -0.1) is 11.3 Å². The van der Waals surface area contributed by atoms with E-state index in [1.807, 2.05) is 27.8 Å². The van der Waals surface area contributed by atoms with Crippen molar-refractivity contribution in [3.8, 4) is 0 Å². The summed E-state index contributed by atoms with van der Waals surface area (Å²) in [5.41, 5.74) is 6.43. The molecule has 2 aromatic rings. The van der Waals surface area contributed by atoms with Crippen LogP contribution >= 0.6 is 22.9 Å². The van der Waals surface area contributed by atoms with Crippen molar-refractivity contribution >= 4 is 76.3 Å². The van der Waals surface area contributed by atoms with Crippen LogP contribution in [-0.2, 0) is 46.5 Å². The molecule has 1 aliphatic heterocycles. The van der Waals surface area contributed by atoms with E-state index in [9.17, 15) is 28.8 Å². The van der Waals surface area contributed by atoms with Gasteiger partial charge in [-0.2, -0.15) is 0 Å². The first-order valence-corrected chi connectivity index (χ1v) is 21.4. The first-order chi connectivity index (χ1) is 29.3. The number of amides is 6. The molecule has 3 heterocycles. The highest BCUT2D eigenvalue weighted by Gasteiger charge is 2.38. The summed E-state index contributed by atoms with van der Waals surface area (Å²) in [4.78, 5) is 108. The lowest BCUT2D eigenvalue weighted by Crippen LogP contribution is -2.57. The first kappa shape index (κ1) is 51.9. The van der Waals surface area contributed by atoms with Crippen molar-refractivity contribution in [2.75, 3.05) is 47.1 Å². The third-order valence-electron chi connectivity index (χ3n) is 10.1. The van der Waals surface area contributed by atoms with Crippen LogP contribution in [0.3, 0.4) is 0 Å². The van der Waals surface area contributed by atoms with E-state index >= 15 is 0 Å². The Morgan fingerprint density at radius 2 is 1.43 bits per heavy atom. The highest BCUT2D eigenvalue weighted by molar-refractivity contribution is 7.13. The highest BCUT2D eigenvalue weighted by Crippen LogP contribution is 2.29. The van der Waals surface area contributed by atoms with E-state index < -0.39 is 47.5 Å². The molecule has 0 radical (unpaired) electrons. The zero-order valence-corrected chi connectivity index (χ0v) is 38.3. The molecule has 0 aromatic carbocycles. The molecule has 2 aliphatic carbocycles. The number of alkyl carbamates (subject to hydrolysis) is 1. The zero-order chi connectivity index (χ0) is 47.3. The fraction of sp³-hybridized carbons (Fsp3) is 0.600. The van der Waals surface area contributed by atoms with Crippen molar-refractivity contribution in [1.82, 2.24) is 40.6 Å². The van der Waals surface area contributed by atoms with Gasteiger partial charge in [0.2, 0.25) is 11.8 Å². The lowest BCUT2D eigenvalue weighted by molar-refractivity contribution is -0.159. The van der Waals surface area contributed by atoms with Gasteiger partial charge in [0.05, 0.1) is 16.8 Å². The number of rotatable bonds is 7. The number of nitrogens with two attached hydrogens (primary N) is 1. The number of hydrogen-bond donors (Lipinski definition) is 7. The number of thiazole rings is 1. The van der Waals surface area contributed by atoms with E-state index in [0.717, 1.165) is 42.9 Å². The fourth-order valence-corrected chi connectivity index (χ4v) is 8.21. The summed E-state index contributed by atoms with van der Waals surface area (Å²) < 4.78 is 5.23. The van der Waals surface area contributed by atoms with Crippen LogP contribution in [0.4, 0.5) is 10.6 Å². The highest BCUT2D eigenvalue weighted by atomic mass is 35.5. The fourth-order valence-electron chi connectivity index (χ4n) is 7.01. The molecule has 23 heteroatoms. The van der Waals surface area contributed by atoms with E-state index in [2.05, 4.69) is 36.1 Å². The van der Waals surface area contributed by atoms with E-state index in [1.165, 1.54) is 28.5 Å². The van der Waals surface area contributed by atoms with Gasteiger partial charge in [0.25, 0.3) is 5.91 Å². The monoisotopic (exact) mass is 922 g/mol. The number of nitrogens with one attached hydrogen (secondary N) is 4. The number of halogens is 1. The number of carbonyl (C=O) groups is 8. The van der Waals surface area contributed by atoms with Crippen molar-refractivity contribution in [3.63, 3.8) is 0 Å². The van der Waals surface area contributed by atoms with E-state index in [1.54, 1.807) is 39.2 Å². The Labute approximate surface area is 374 Å². The number of carboxylic acids is 2. The first-order valence-electron chi connectivity index (χ1n) is 20.2. The molecule has 5 rings (SSSR count). The molecule has 0 saturated heterocycles. The van der Waals surface area contributed by atoms with Crippen LogP contribution in [0, 0.1) is 11.8 Å². The lowest BCUT2D eigenvalue weighted by atomic mass is 9.81. The van der Waals surface area contributed by atoms with E-state index in [4.69, 9.17) is 41.9 Å². The smallest absolute Gasteiger partial charge is 0.414 e. The average Bonchev–Trinajstić information content (AvgIpc) is 3.63. The number of aliphatic carboxylic acids is 2. The number of anilines is 1. The van der Waals surface area contributed by atoms with Crippen LogP contribution in [0.25, 0.3) is 0 Å². The molecule has 6 amide bonds. The number of aromatic nitrogens is 2. The normalized spacial score (nSPS) is 21.8. The number of nitrogens with zero attached hydrogens (tertiary/aromatic N) is 5. The predicted octanol–water partition coefficient (Wildman–Crippen LogP) is 1.54. The molecule has 0 unspecified atom stereocenters. The van der Waals surface area contributed by atoms with Gasteiger partial charge in [-0.1, -0.05) is 11.6 Å². The van der Waals surface area contributed by atoms with Crippen LogP contribution in [0.5, 0.6) is 0 Å². The molecule has 348 valence electrons. The third kappa shape index (κ3) is 16.6. The van der Waals surface area contributed by atoms with Crippen LogP contribution < -0.4 is 27.0 Å². The standard InChI is InChI=1S/C24H30ClN7O4S.C14H27N3O3.C2H2O4/c1-31(2)24(36)13-4-6-15(27-20(33)21(34)30-19-7-5-14(25)11-26-19)17(10-13)28-22(35)23-29-16-8-9-32(3)12-18(16)37-23;1-14(2,3)20-13(19)16-11-8-9(6-7-10(11)15)12(18)17(4)5;3-1(4)2(5)6/h5,7,11,13,15,17H,4,6,8-10,12H2,1-3H3,(H,27,33)(H,28,35)(H,26,30,34);9-11H,6-8,15H2,1-5H3,(H,16,19);(H,3,4)(H,5,6)/t13-,15-,17+;9-,10-,11+;/m00./s1. The van der Waals surface area contributed by atoms with Crippen LogP contribution in [0.15, 0.2) is 18.3 Å². The van der Waals surface area contributed by atoms with E-state index in [-0.39, 0.29) is 47.5 Å². The molecule has 0 spiro atoms. The Morgan fingerprint density at radius 1 is 0.841 bits per heavy atom. The summed E-state index contributed by atoms with van der Waals surface area (Å²) in [5, 5.41) is 26.5. The Kier molecular flexibility index (Phi) is 19.2. The Morgan fingerprint density at radius 3 is 1.97 bits per heavy atom. The maximum absolute atomic E-state index is 13.2. The van der Waals surface area contributed by atoms with Gasteiger partial charge >= 0.3 is 29.8 Å². The minimum Gasteiger partial charge on any atom is -0.473 e. The number of ether oxygens (including phenoxy) is 1. The Hall–Kier alpha value is -5.45. The molecular formula is C40H59ClN10O11S. The summed E-state index contributed by atoms with van der Waals surface area (Å²) in [6.45, 7) is 7.07. The van der Waals surface area contributed by atoms with Crippen LogP contribution in [0.1, 0.15) is 79.7 Å². The minimum atomic E-state index is -1.82. The Balaban J connectivity index is 0.000000340. The van der Waals surface area contributed by atoms with Crippen molar-refractivity contribution in [1.29, 1.82) is 0 Å². The van der Waals surface area contributed by atoms with Gasteiger partial charge in [0, 0.05) is 88.7 Å². The predicted molar refractivity (Wildman–Crippen MR) is 232 cm³/mol. The third-order valence-corrected chi connectivity index (χ3v) is 11.4. The van der Waals surface area contributed by atoms with Crippen molar-refractivity contribution in [2.45, 2.75) is 102 Å². The molecule has 63 heavy (non-hydrogen) atoms. The molecular weight excluding hydrogens is 864 g/mol. The second kappa shape index (κ2) is 23.3. The lowest BCUT2D eigenvalue weighted by Gasteiger charge is -2.37. The number of likely N-dealkylation sites (N-methyl/N-ethyl adjacent to an activating group) is 1. The number of carboxylic acid groups (broad SMARTS) is 2. The molecule has 2 fully saturated rings. The van der Waals surface area contributed by atoms with Crippen molar-refractivity contribution in [2.24, 2.45) is 17.6 Å². The SMILES string of the molecule is CN(C)C(=O)[C@H]1CC[C@H](N)[C@H](NC(=O)OC(C)(C)C)C1.CN1CCc2nc(C(=O)N[C@@H]3C[C@@H](C(=O)N(C)C)CC[C@@H]3NC(=O)C(=O)Nc3ccc(Cl)cn3)sc2C1.O=C(O)C(=O)O. The number of carbonyl (C=O) groups excluding carboxylic acids is 6. The van der Waals surface area contributed by atoms with Gasteiger partial charge in [-0.3, -0.25) is 24.0 Å². The zero-order valence-electron chi connectivity index (χ0n) is 36.7. The molecule has 3 aliphatic rings. The van der Waals surface area contributed by atoms with Gasteiger partial charge in [0.1, 0.15) is 11.4 Å². The molecule has 6 atom stereocenters. The number of fused-ring (bicyclic) bond motifs is 1. The molecule has 8 N–H and O–H groups in total. The van der Waals surface area contributed by atoms with Gasteiger partial charge in [-0.25, -0.2) is 24.4 Å². The summed E-state index contributed by atoms with van der Waals surface area (Å²) >= 11 is 7.17. The van der Waals surface area contributed by atoms with Crippen molar-refractivity contribution in [3.05, 3.63) is 38.9 Å².